The lowest BCUT2D eigenvalue weighted by Gasteiger charge is -2.20. The van der Waals surface area contributed by atoms with Gasteiger partial charge in [0.25, 0.3) is 5.56 Å². The number of halogens is 4. The van der Waals surface area contributed by atoms with Crippen LogP contribution in [0.1, 0.15) is 19.4 Å². The Labute approximate surface area is 196 Å². The molecule has 176 valence electrons. The molecule has 0 bridgehead atoms. The topological polar surface area (TPSA) is 73.6 Å². The van der Waals surface area contributed by atoms with E-state index in [-0.39, 0.29) is 22.4 Å². The van der Waals surface area contributed by atoms with Crippen LogP contribution in [0.15, 0.2) is 63.5 Å². The van der Waals surface area contributed by atoms with Crippen LogP contribution in [-0.2, 0) is 0 Å². The molecule has 0 saturated heterocycles. The molecule has 6 nitrogen and oxygen atoms in total. The van der Waals surface area contributed by atoms with Crippen molar-refractivity contribution < 1.29 is 27.8 Å². The van der Waals surface area contributed by atoms with E-state index in [0.717, 1.165) is 23.9 Å². The third-order valence-corrected chi connectivity index (χ3v) is 5.41. The van der Waals surface area contributed by atoms with Gasteiger partial charge in [0.15, 0.2) is 5.03 Å². The van der Waals surface area contributed by atoms with Crippen LogP contribution in [0, 0.1) is 6.92 Å². The van der Waals surface area contributed by atoms with E-state index in [9.17, 15) is 23.1 Å². The van der Waals surface area contributed by atoms with Gasteiger partial charge in [0.1, 0.15) is 18.1 Å². The van der Waals surface area contributed by atoms with Crippen molar-refractivity contribution in [3.63, 3.8) is 0 Å². The second-order valence-corrected chi connectivity index (χ2v) is 9.17. The van der Waals surface area contributed by atoms with Crippen LogP contribution in [0.2, 0.25) is 5.02 Å². The lowest BCUT2D eigenvalue weighted by atomic mass is 10.1. The van der Waals surface area contributed by atoms with Gasteiger partial charge in [-0.05, 0) is 62.7 Å². The normalized spacial score (nSPS) is 12.0. The Morgan fingerprint density at radius 2 is 1.85 bits per heavy atom. The molecule has 1 heterocycles. The van der Waals surface area contributed by atoms with Crippen LogP contribution in [0.3, 0.4) is 0 Å². The predicted molar refractivity (Wildman–Crippen MR) is 119 cm³/mol. The number of rotatable bonds is 7. The number of aryl methyl sites for hydroxylation is 1. The first-order valence-electron chi connectivity index (χ1n) is 9.59. The fourth-order valence-corrected chi connectivity index (χ4v) is 3.88. The number of benzene rings is 2. The van der Waals surface area contributed by atoms with Gasteiger partial charge in [-0.25, -0.2) is 4.98 Å². The van der Waals surface area contributed by atoms with E-state index in [4.69, 9.17) is 16.3 Å². The molecular formula is C22H20ClF3N2O4S. The molecule has 0 aliphatic carbocycles. The molecule has 11 heteroatoms. The Kier molecular flexibility index (Phi) is 7.30. The maximum atomic E-state index is 13.0. The van der Waals surface area contributed by atoms with Crippen molar-refractivity contribution in [2.24, 2.45) is 0 Å². The minimum Gasteiger partial charge on any atom is -0.489 e. The molecule has 0 radical (unpaired) electrons. The molecule has 0 atom stereocenters. The molecule has 0 aliphatic heterocycles. The van der Waals surface area contributed by atoms with E-state index < -0.39 is 17.5 Å². The maximum absolute atomic E-state index is 13.0. The molecule has 2 aromatic carbocycles. The van der Waals surface area contributed by atoms with Crippen molar-refractivity contribution in [2.75, 3.05) is 6.61 Å². The highest BCUT2D eigenvalue weighted by atomic mass is 35.5. The van der Waals surface area contributed by atoms with E-state index in [1.165, 1.54) is 29.1 Å². The van der Waals surface area contributed by atoms with Crippen molar-refractivity contribution in [1.29, 1.82) is 0 Å². The molecule has 1 aromatic heterocycles. The number of ether oxygens (including phenoxy) is 2. The third-order valence-electron chi connectivity index (χ3n) is 4.14. The Morgan fingerprint density at radius 1 is 1.18 bits per heavy atom. The van der Waals surface area contributed by atoms with Crippen LogP contribution in [0.25, 0.3) is 5.69 Å². The quantitative estimate of drug-likeness (QED) is 0.468. The summed E-state index contributed by atoms with van der Waals surface area (Å²) < 4.78 is 47.8. The van der Waals surface area contributed by atoms with Crippen molar-refractivity contribution in [3.05, 3.63) is 69.7 Å². The Bertz CT molecular complexity index is 1170. The highest BCUT2D eigenvalue weighted by molar-refractivity contribution is 7.99. The van der Waals surface area contributed by atoms with Crippen LogP contribution in [0.5, 0.6) is 11.5 Å². The van der Waals surface area contributed by atoms with E-state index in [1.807, 2.05) is 0 Å². The van der Waals surface area contributed by atoms with Gasteiger partial charge in [-0.1, -0.05) is 23.4 Å². The largest absolute Gasteiger partial charge is 0.573 e. The fraction of sp³-hybridized carbons (Fsp3) is 0.273. The first-order chi connectivity index (χ1) is 15.3. The highest BCUT2D eigenvalue weighted by Crippen LogP contribution is 2.32. The van der Waals surface area contributed by atoms with E-state index in [2.05, 4.69) is 9.72 Å². The molecule has 0 aliphatic rings. The monoisotopic (exact) mass is 500 g/mol. The molecule has 0 saturated carbocycles. The molecule has 0 fully saturated rings. The lowest BCUT2D eigenvalue weighted by Crippen LogP contribution is -2.28. The second-order valence-electron chi connectivity index (χ2n) is 7.70. The average Bonchev–Trinajstić information content (AvgIpc) is 2.68. The molecule has 0 unspecified atom stereocenters. The standard InChI is InChI=1S/C22H20ClF3N2O4S/c1-13-10-14(11-17(23)18(13)31-12-21(2,3)30)28-9-8-27-19(20(28)29)33-16-6-4-15(5-7-16)32-22(24,25)26/h4-11,30H,12H2,1-3H3. The third kappa shape index (κ3) is 6.89. The summed E-state index contributed by atoms with van der Waals surface area (Å²) in [6.07, 6.45) is -1.86. The summed E-state index contributed by atoms with van der Waals surface area (Å²) in [5.41, 5.74) is -0.324. The van der Waals surface area contributed by atoms with Gasteiger partial charge in [-0.3, -0.25) is 9.36 Å². The second kappa shape index (κ2) is 9.66. The zero-order valence-electron chi connectivity index (χ0n) is 17.8. The summed E-state index contributed by atoms with van der Waals surface area (Å²) in [7, 11) is 0. The SMILES string of the molecule is Cc1cc(-n2ccnc(Sc3ccc(OC(F)(F)F)cc3)c2=O)cc(Cl)c1OCC(C)(C)O. The zero-order chi connectivity index (χ0) is 24.4. The lowest BCUT2D eigenvalue weighted by molar-refractivity contribution is -0.274. The summed E-state index contributed by atoms with van der Waals surface area (Å²) in [5.74, 6) is 0.0442. The van der Waals surface area contributed by atoms with E-state index in [0.29, 0.717) is 21.9 Å². The van der Waals surface area contributed by atoms with Crippen molar-refractivity contribution >= 4 is 23.4 Å². The van der Waals surface area contributed by atoms with E-state index in [1.54, 1.807) is 32.9 Å². The van der Waals surface area contributed by atoms with Crippen molar-refractivity contribution in [1.82, 2.24) is 9.55 Å². The average molecular weight is 501 g/mol. The number of nitrogens with zero attached hydrogens (tertiary/aromatic N) is 2. The fourth-order valence-electron chi connectivity index (χ4n) is 2.77. The molecule has 3 aromatic rings. The number of aromatic nitrogens is 2. The first-order valence-corrected chi connectivity index (χ1v) is 10.8. The van der Waals surface area contributed by atoms with Crippen LogP contribution in [0.4, 0.5) is 13.2 Å². The predicted octanol–water partition coefficient (Wildman–Crippen LogP) is 5.39. The van der Waals surface area contributed by atoms with Gasteiger partial charge in [0, 0.05) is 17.3 Å². The zero-order valence-corrected chi connectivity index (χ0v) is 19.4. The van der Waals surface area contributed by atoms with Crippen molar-refractivity contribution in [3.8, 4) is 17.2 Å². The van der Waals surface area contributed by atoms with Gasteiger partial charge >= 0.3 is 6.36 Å². The number of hydrogen-bond donors (Lipinski definition) is 1. The number of aliphatic hydroxyl groups is 1. The molecule has 1 N–H and O–H groups in total. The molecule has 0 spiro atoms. The maximum Gasteiger partial charge on any atom is 0.573 e. The van der Waals surface area contributed by atoms with Gasteiger partial charge < -0.3 is 14.6 Å². The number of alkyl halides is 3. The van der Waals surface area contributed by atoms with Gasteiger partial charge in [-0.15, -0.1) is 13.2 Å². The molecule has 3 rings (SSSR count). The Balaban J connectivity index is 1.85. The highest BCUT2D eigenvalue weighted by Gasteiger charge is 2.31. The molecular weight excluding hydrogens is 481 g/mol. The minimum absolute atomic E-state index is 0.0374. The van der Waals surface area contributed by atoms with E-state index >= 15 is 0 Å². The van der Waals surface area contributed by atoms with Gasteiger partial charge in [-0.2, -0.15) is 0 Å². The first kappa shape index (κ1) is 24.9. The Morgan fingerprint density at radius 3 is 2.42 bits per heavy atom. The van der Waals surface area contributed by atoms with Gasteiger partial charge in [0.2, 0.25) is 0 Å². The van der Waals surface area contributed by atoms with Crippen molar-refractivity contribution in [2.45, 2.75) is 42.7 Å². The summed E-state index contributed by atoms with van der Waals surface area (Å²) in [6, 6.07) is 8.40. The summed E-state index contributed by atoms with van der Waals surface area (Å²) in [6.45, 7) is 5.02. The van der Waals surface area contributed by atoms with Gasteiger partial charge in [0.05, 0.1) is 16.3 Å². The van der Waals surface area contributed by atoms with Crippen LogP contribution < -0.4 is 15.0 Å². The molecule has 0 amide bonds. The van der Waals surface area contributed by atoms with Crippen LogP contribution >= 0.6 is 23.4 Å². The summed E-state index contributed by atoms with van der Waals surface area (Å²) in [4.78, 5) is 17.6. The molecule has 33 heavy (non-hydrogen) atoms. The number of hydrogen-bond acceptors (Lipinski definition) is 6. The summed E-state index contributed by atoms with van der Waals surface area (Å²) >= 11 is 7.37. The van der Waals surface area contributed by atoms with Crippen LogP contribution in [-0.4, -0.2) is 33.2 Å². The Hall–Kier alpha value is -2.69. The smallest absolute Gasteiger partial charge is 0.489 e. The summed E-state index contributed by atoms with van der Waals surface area (Å²) in [5, 5.41) is 10.3. The minimum atomic E-state index is -4.78.